The lowest BCUT2D eigenvalue weighted by atomic mass is 10.1. The smallest absolute Gasteiger partial charge is 0.244 e. The van der Waals surface area contributed by atoms with Crippen LogP contribution in [-0.4, -0.2) is 12.5 Å². The average Bonchev–Trinajstić information content (AvgIpc) is 2.46. The zero-order valence-corrected chi connectivity index (χ0v) is 13.3. The molecule has 4 nitrogen and oxygen atoms in total. The quantitative estimate of drug-likeness (QED) is 0.839. The minimum atomic E-state index is -0.588. The summed E-state index contributed by atoms with van der Waals surface area (Å²) in [5.74, 6) is 0.339. The summed E-state index contributed by atoms with van der Waals surface area (Å²) in [5.41, 5.74) is 7.13. The molecule has 0 heterocycles. The zero-order chi connectivity index (χ0) is 15.2. The lowest BCUT2D eigenvalue weighted by Crippen LogP contribution is -2.27. The second kappa shape index (κ2) is 7.13. The van der Waals surface area contributed by atoms with E-state index in [0.29, 0.717) is 6.61 Å². The van der Waals surface area contributed by atoms with Crippen LogP contribution in [0.4, 0.5) is 5.69 Å². The maximum atomic E-state index is 11.7. The molecule has 1 amide bonds. The van der Waals surface area contributed by atoms with Crippen LogP contribution in [0.15, 0.2) is 53.0 Å². The van der Waals surface area contributed by atoms with Crippen molar-refractivity contribution < 1.29 is 9.53 Å². The van der Waals surface area contributed by atoms with Gasteiger partial charge >= 0.3 is 0 Å². The minimum absolute atomic E-state index is 0.431. The van der Waals surface area contributed by atoms with Crippen molar-refractivity contribution in [1.82, 2.24) is 0 Å². The molecule has 2 aromatic rings. The number of anilines is 1. The highest BCUT2D eigenvalue weighted by molar-refractivity contribution is 9.10. The summed E-state index contributed by atoms with van der Waals surface area (Å²) < 4.78 is 6.33. The van der Waals surface area contributed by atoms with E-state index in [2.05, 4.69) is 21.2 Å². The lowest BCUT2D eigenvalue weighted by molar-refractivity contribution is -0.118. The fourth-order valence-corrected chi connectivity index (χ4v) is 2.39. The molecule has 5 heteroatoms. The molecule has 0 aliphatic heterocycles. The first-order valence-corrected chi connectivity index (χ1v) is 7.43. The molecule has 0 aliphatic rings. The number of hydrogen-bond acceptors (Lipinski definition) is 3. The predicted octanol–water partition coefficient (Wildman–Crippen LogP) is 3.49. The normalized spacial score (nSPS) is 11.7. The van der Waals surface area contributed by atoms with Crippen molar-refractivity contribution in [2.24, 2.45) is 5.73 Å². The van der Waals surface area contributed by atoms with Crippen LogP contribution in [0.25, 0.3) is 0 Å². The zero-order valence-electron chi connectivity index (χ0n) is 11.7. The van der Waals surface area contributed by atoms with Gasteiger partial charge in [0.05, 0.1) is 6.61 Å². The van der Waals surface area contributed by atoms with Gasteiger partial charge < -0.3 is 15.8 Å². The highest BCUT2D eigenvalue weighted by atomic mass is 79.9. The number of nitrogens with one attached hydrogen (secondary N) is 1. The fraction of sp³-hybridized carbons (Fsp3) is 0.188. The van der Waals surface area contributed by atoms with E-state index in [-0.39, 0.29) is 0 Å². The number of benzene rings is 2. The summed E-state index contributed by atoms with van der Waals surface area (Å²) in [6, 6.07) is 14.3. The van der Waals surface area contributed by atoms with Gasteiger partial charge in [0.1, 0.15) is 11.8 Å². The van der Waals surface area contributed by atoms with Gasteiger partial charge in [-0.1, -0.05) is 34.1 Å². The van der Waals surface area contributed by atoms with E-state index in [4.69, 9.17) is 10.5 Å². The van der Waals surface area contributed by atoms with Gasteiger partial charge in [-0.25, -0.2) is 0 Å². The Morgan fingerprint density at radius 2 is 2.00 bits per heavy atom. The van der Waals surface area contributed by atoms with Crippen LogP contribution in [0.2, 0.25) is 0 Å². The summed E-state index contributed by atoms with van der Waals surface area (Å²) in [7, 11) is 0. The molecule has 0 bridgehead atoms. The van der Waals surface area contributed by atoms with E-state index in [0.717, 1.165) is 21.5 Å². The van der Waals surface area contributed by atoms with Crippen LogP contribution >= 0.6 is 15.9 Å². The number of carbonyl (C=O) groups is 1. The maximum absolute atomic E-state index is 11.7. The summed E-state index contributed by atoms with van der Waals surface area (Å²) in [5, 5.41) is 3.14. The number of primary amides is 1. The van der Waals surface area contributed by atoms with E-state index in [9.17, 15) is 4.79 Å². The Morgan fingerprint density at radius 3 is 2.57 bits per heavy atom. The summed E-state index contributed by atoms with van der Waals surface area (Å²) in [6.07, 6.45) is 0. The van der Waals surface area contributed by atoms with Crippen LogP contribution in [0.5, 0.6) is 5.75 Å². The van der Waals surface area contributed by atoms with Crippen molar-refractivity contribution in [3.63, 3.8) is 0 Å². The summed E-state index contributed by atoms with van der Waals surface area (Å²) in [6.45, 7) is 2.53. The number of halogens is 1. The Kier molecular flexibility index (Phi) is 5.22. The van der Waals surface area contributed by atoms with Gasteiger partial charge in [-0.3, -0.25) is 4.79 Å². The molecule has 3 N–H and O–H groups in total. The van der Waals surface area contributed by atoms with Crippen molar-refractivity contribution in [1.29, 1.82) is 0 Å². The Balaban J connectivity index is 2.20. The van der Waals surface area contributed by atoms with Crippen LogP contribution in [0.3, 0.4) is 0 Å². The van der Waals surface area contributed by atoms with Crippen molar-refractivity contribution in [3.8, 4) is 5.75 Å². The highest BCUT2D eigenvalue weighted by Gasteiger charge is 2.17. The molecule has 0 saturated carbocycles. The highest BCUT2D eigenvalue weighted by Crippen LogP contribution is 2.23. The summed E-state index contributed by atoms with van der Waals surface area (Å²) in [4.78, 5) is 11.7. The fourth-order valence-electron chi connectivity index (χ4n) is 1.99. The van der Waals surface area contributed by atoms with Crippen molar-refractivity contribution >= 4 is 27.5 Å². The molecule has 0 saturated heterocycles. The maximum Gasteiger partial charge on any atom is 0.244 e. The molecule has 21 heavy (non-hydrogen) atoms. The first kappa shape index (κ1) is 15.4. The van der Waals surface area contributed by atoms with Gasteiger partial charge in [0.25, 0.3) is 0 Å². The molecule has 2 rings (SSSR count). The third-order valence-corrected chi connectivity index (χ3v) is 3.44. The Hall–Kier alpha value is -2.01. The van der Waals surface area contributed by atoms with E-state index in [1.165, 1.54) is 0 Å². The third-order valence-electron chi connectivity index (χ3n) is 2.94. The molecule has 1 atom stereocenters. The van der Waals surface area contributed by atoms with E-state index in [1.807, 2.05) is 55.5 Å². The Morgan fingerprint density at radius 1 is 1.29 bits per heavy atom. The molecule has 0 aromatic heterocycles. The lowest BCUT2D eigenvalue weighted by Gasteiger charge is -2.17. The number of nitrogens with two attached hydrogens (primary N) is 1. The topological polar surface area (TPSA) is 64.3 Å². The van der Waals surface area contributed by atoms with Crippen LogP contribution in [0, 0.1) is 0 Å². The van der Waals surface area contributed by atoms with Crippen molar-refractivity contribution in [2.45, 2.75) is 13.0 Å². The van der Waals surface area contributed by atoms with Gasteiger partial charge in [0, 0.05) is 10.2 Å². The van der Waals surface area contributed by atoms with E-state index < -0.39 is 11.9 Å². The van der Waals surface area contributed by atoms with Gasteiger partial charge in [0.2, 0.25) is 5.91 Å². The summed E-state index contributed by atoms with van der Waals surface area (Å²) >= 11 is 3.40. The molecular weight excluding hydrogens is 332 g/mol. The Labute approximate surface area is 132 Å². The van der Waals surface area contributed by atoms with Crippen LogP contribution in [0.1, 0.15) is 18.5 Å². The molecule has 2 aromatic carbocycles. The standard InChI is InChI=1S/C16H17BrN2O2/c1-2-21-14-8-6-11(7-9-14)15(16(18)20)19-13-5-3-4-12(17)10-13/h3-10,15,19H,2H2,1H3,(H2,18,20). The van der Waals surface area contributed by atoms with Crippen LogP contribution in [-0.2, 0) is 4.79 Å². The Bertz CT molecular complexity index is 614. The van der Waals surface area contributed by atoms with E-state index >= 15 is 0 Å². The SMILES string of the molecule is CCOc1ccc(C(Nc2cccc(Br)c2)C(N)=O)cc1. The minimum Gasteiger partial charge on any atom is -0.494 e. The van der Waals surface area contributed by atoms with Gasteiger partial charge in [-0.15, -0.1) is 0 Å². The van der Waals surface area contributed by atoms with Gasteiger partial charge in [-0.2, -0.15) is 0 Å². The largest absolute Gasteiger partial charge is 0.494 e. The number of carbonyl (C=O) groups excluding carboxylic acids is 1. The number of amides is 1. The second-order valence-electron chi connectivity index (χ2n) is 4.49. The monoisotopic (exact) mass is 348 g/mol. The van der Waals surface area contributed by atoms with E-state index in [1.54, 1.807) is 0 Å². The van der Waals surface area contributed by atoms with Crippen molar-refractivity contribution in [2.75, 3.05) is 11.9 Å². The molecule has 1 unspecified atom stereocenters. The van der Waals surface area contributed by atoms with Gasteiger partial charge in [-0.05, 0) is 42.8 Å². The predicted molar refractivity (Wildman–Crippen MR) is 87.3 cm³/mol. The third kappa shape index (κ3) is 4.23. The van der Waals surface area contributed by atoms with Crippen LogP contribution < -0.4 is 15.8 Å². The molecule has 0 radical (unpaired) electrons. The van der Waals surface area contributed by atoms with Crippen molar-refractivity contribution in [3.05, 3.63) is 58.6 Å². The second-order valence-corrected chi connectivity index (χ2v) is 5.41. The molecule has 110 valence electrons. The average molecular weight is 349 g/mol. The first-order chi connectivity index (χ1) is 10.1. The molecule has 0 fully saturated rings. The molecule has 0 aliphatic carbocycles. The van der Waals surface area contributed by atoms with Gasteiger partial charge in [0.15, 0.2) is 0 Å². The molecule has 0 spiro atoms. The molecular formula is C16H17BrN2O2. The first-order valence-electron chi connectivity index (χ1n) is 6.64. The number of hydrogen-bond donors (Lipinski definition) is 2. The number of ether oxygens (including phenoxy) is 1. The number of rotatable bonds is 6.